The number of likely N-dealkylation sites (tertiary alicyclic amines) is 1. The van der Waals surface area contributed by atoms with Crippen LogP contribution >= 0.6 is 11.3 Å². The maximum Gasteiger partial charge on any atom is 0.445 e. The number of piperidine rings is 1. The normalized spacial score (nSPS) is 18.9. The van der Waals surface area contributed by atoms with Crippen LogP contribution in [0.5, 0.6) is 0 Å². The van der Waals surface area contributed by atoms with Crippen LogP contribution < -0.4 is 5.32 Å². The predicted octanol–water partition coefficient (Wildman–Crippen LogP) is 5.28. The van der Waals surface area contributed by atoms with Gasteiger partial charge in [-0.25, -0.2) is 0 Å². The lowest BCUT2D eigenvalue weighted by atomic mass is 9.89. The Kier molecular flexibility index (Phi) is 6.64. The topological polar surface area (TPSA) is 71.0 Å². The number of anilines is 1. The molecule has 33 heavy (non-hydrogen) atoms. The Balaban J connectivity index is 1.58. The largest absolute Gasteiger partial charge is 0.445 e. The molecule has 0 bridgehead atoms. The number of alkyl halides is 3. The summed E-state index contributed by atoms with van der Waals surface area (Å²) in [6.45, 7) is 4.87. The van der Waals surface area contributed by atoms with Gasteiger partial charge in [0.1, 0.15) is 0 Å². The SMILES string of the molecule is Cc1ccc(-c2ccccn2)c(C(=O)N2CCC[C@@H](C)C2CNc2nnc(C(F)(F)F)s2)c1. The van der Waals surface area contributed by atoms with E-state index in [1.807, 2.05) is 48.2 Å². The summed E-state index contributed by atoms with van der Waals surface area (Å²) in [6.07, 6.45) is -1.03. The Morgan fingerprint density at radius 1 is 1.24 bits per heavy atom. The highest BCUT2D eigenvalue weighted by molar-refractivity contribution is 7.15. The van der Waals surface area contributed by atoms with Crippen molar-refractivity contribution in [2.45, 2.75) is 38.9 Å². The number of hydrogen-bond acceptors (Lipinski definition) is 6. The zero-order valence-electron chi connectivity index (χ0n) is 18.3. The van der Waals surface area contributed by atoms with Gasteiger partial charge in [0.15, 0.2) is 0 Å². The number of rotatable bonds is 5. The summed E-state index contributed by atoms with van der Waals surface area (Å²) in [5.74, 6) is 0.0688. The van der Waals surface area contributed by atoms with Gasteiger partial charge in [-0.3, -0.25) is 9.78 Å². The summed E-state index contributed by atoms with van der Waals surface area (Å²) in [6, 6.07) is 11.1. The number of benzene rings is 1. The summed E-state index contributed by atoms with van der Waals surface area (Å²) in [7, 11) is 0. The molecular weight excluding hydrogens is 451 g/mol. The second kappa shape index (κ2) is 9.46. The molecule has 3 heterocycles. The van der Waals surface area contributed by atoms with E-state index < -0.39 is 11.2 Å². The molecular formula is C23H24F3N5OS. The standard InChI is InChI=1S/C23H24F3N5OS/c1-14-8-9-16(18-7-3-4-10-27-18)17(12-14)20(32)31-11-5-6-15(2)19(31)13-28-22-30-29-21(33-22)23(24,25)26/h3-4,7-10,12,15,19H,5-6,11,13H2,1-2H3,(H,28,30)/t15-,19?/m1/s1. The number of pyridine rings is 1. The third kappa shape index (κ3) is 5.16. The highest BCUT2D eigenvalue weighted by atomic mass is 32.1. The van der Waals surface area contributed by atoms with E-state index in [1.54, 1.807) is 6.20 Å². The Morgan fingerprint density at radius 3 is 2.76 bits per heavy atom. The van der Waals surface area contributed by atoms with Gasteiger partial charge in [0.25, 0.3) is 5.91 Å². The van der Waals surface area contributed by atoms with Crippen LogP contribution in [0.3, 0.4) is 0 Å². The lowest BCUT2D eigenvalue weighted by molar-refractivity contribution is -0.138. The summed E-state index contributed by atoms with van der Waals surface area (Å²) >= 11 is 0.467. The first-order chi connectivity index (χ1) is 15.7. The molecule has 3 aromatic rings. The highest BCUT2D eigenvalue weighted by Crippen LogP contribution is 2.34. The first kappa shape index (κ1) is 23.2. The van der Waals surface area contributed by atoms with Gasteiger partial charge in [-0.1, -0.05) is 42.0 Å². The molecule has 0 spiro atoms. The molecule has 1 unspecified atom stereocenters. The molecule has 174 valence electrons. The zero-order valence-corrected chi connectivity index (χ0v) is 19.1. The summed E-state index contributed by atoms with van der Waals surface area (Å²) in [5.41, 5.74) is 3.01. The molecule has 2 atom stereocenters. The molecule has 10 heteroatoms. The molecule has 0 saturated carbocycles. The van der Waals surface area contributed by atoms with Crippen molar-refractivity contribution in [1.29, 1.82) is 0 Å². The van der Waals surface area contributed by atoms with Crippen molar-refractivity contribution in [1.82, 2.24) is 20.1 Å². The van der Waals surface area contributed by atoms with Gasteiger partial charge in [0, 0.05) is 30.4 Å². The lowest BCUT2D eigenvalue weighted by Crippen LogP contribution is -2.51. The van der Waals surface area contributed by atoms with E-state index in [0.717, 1.165) is 24.0 Å². The van der Waals surface area contributed by atoms with Crippen LogP contribution in [-0.2, 0) is 6.18 Å². The minimum absolute atomic E-state index is 0.0947. The number of carbonyl (C=O) groups is 1. The Labute approximate surface area is 193 Å². The van der Waals surface area contributed by atoms with E-state index in [2.05, 4.69) is 27.4 Å². The molecule has 4 rings (SSSR count). The Bertz CT molecular complexity index is 1120. The van der Waals surface area contributed by atoms with Crippen LogP contribution in [0.25, 0.3) is 11.3 Å². The third-order valence-electron chi connectivity index (χ3n) is 5.85. The number of nitrogens with zero attached hydrogens (tertiary/aromatic N) is 4. The fourth-order valence-electron chi connectivity index (χ4n) is 4.15. The second-order valence-corrected chi connectivity index (χ2v) is 9.22. The number of halogens is 3. The van der Waals surface area contributed by atoms with Gasteiger partial charge in [0.2, 0.25) is 10.1 Å². The van der Waals surface area contributed by atoms with Crippen LogP contribution in [-0.4, -0.2) is 45.1 Å². The fourth-order valence-corrected chi connectivity index (χ4v) is 4.77. The van der Waals surface area contributed by atoms with E-state index in [9.17, 15) is 18.0 Å². The van der Waals surface area contributed by atoms with Gasteiger partial charge in [-0.05, 0) is 43.9 Å². The third-order valence-corrected chi connectivity index (χ3v) is 6.78. The Hall–Kier alpha value is -3.01. The van der Waals surface area contributed by atoms with E-state index in [1.165, 1.54) is 0 Å². The maximum absolute atomic E-state index is 13.7. The molecule has 1 saturated heterocycles. The number of amides is 1. The maximum atomic E-state index is 13.7. The van der Waals surface area contributed by atoms with Crippen molar-refractivity contribution >= 4 is 22.4 Å². The fraction of sp³-hybridized carbons (Fsp3) is 0.391. The van der Waals surface area contributed by atoms with Crippen molar-refractivity contribution in [2.24, 2.45) is 5.92 Å². The second-order valence-electron chi connectivity index (χ2n) is 8.24. The number of nitrogens with one attached hydrogen (secondary N) is 1. The van der Waals surface area contributed by atoms with Gasteiger partial charge in [-0.2, -0.15) is 13.2 Å². The highest BCUT2D eigenvalue weighted by Gasteiger charge is 2.36. The molecule has 0 radical (unpaired) electrons. The quantitative estimate of drug-likeness (QED) is 0.544. The molecule has 0 aliphatic carbocycles. The summed E-state index contributed by atoms with van der Waals surface area (Å²) in [5, 5.41) is 8.90. The van der Waals surface area contributed by atoms with Gasteiger partial charge >= 0.3 is 6.18 Å². The molecule has 1 amide bonds. The molecule has 1 N–H and O–H groups in total. The predicted molar refractivity (Wildman–Crippen MR) is 121 cm³/mol. The van der Waals surface area contributed by atoms with E-state index in [0.29, 0.717) is 35.7 Å². The van der Waals surface area contributed by atoms with Crippen LogP contribution in [0.4, 0.5) is 18.3 Å². The average Bonchev–Trinajstić information content (AvgIpc) is 3.28. The monoisotopic (exact) mass is 475 g/mol. The minimum atomic E-state index is -4.52. The van der Waals surface area contributed by atoms with Crippen molar-refractivity contribution in [3.05, 3.63) is 58.7 Å². The summed E-state index contributed by atoms with van der Waals surface area (Å²) < 4.78 is 38.5. The van der Waals surface area contributed by atoms with Crippen molar-refractivity contribution in [2.75, 3.05) is 18.4 Å². The van der Waals surface area contributed by atoms with E-state index in [4.69, 9.17) is 0 Å². The van der Waals surface area contributed by atoms with Gasteiger partial charge < -0.3 is 10.2 Å². The number of aromatic nitrogens is 3. The average molecular weight is 476 g/mol. The number of carbonyl (C=O) groups excluding carboxylic acids is 1. The first-order valence-corrected chi connectivity index (χ1v) is 11.5. The molecule has 2 aromatic heterocycles. The first-order valence-electron chi connectivity index (χ1n) is 10.7. The zero-order chi connectivity index (χ0) is 23.6. The summed E-state index contributed by atoms with van der Waals surface area (Å²) in [4.78, 5) is 20.0. The smallest absolute Gasteiger partial charge is 0.358 e. The molecule has 1 aromatic carbocycles. The van der Waals surface area contributed by atoms with Gasteiger partial charge in [-0.15, -0.1) is 10.2 Å². The van der Waals surface area contributed by atoms with Crippen molar-refractivity contribution in [3.8, 4) is 11.3 Å². The molecule has 1 aliphatic rings. The van der Waals surface area contributed by atoms with Crippen molar-refractivity contribution in [3.63, 3.8) is 0 Å². The van der Waals surface area contributed by atoms with Crippen LogP contribution in [0.2, 0.25) is 0 Å². The van der Waals surface area contributed by atoms with Crippen LogP contribution in [0, 0.1) is 12.8 Å². The Morgan fingerprint density at radius 2 is 2.06 bits per heavy atom. The van der Waals surface area contributed by atoms with Crippen molar-refractivity contribution < 1.29 is 18.0 Å². The number of aryl methyl sites for hydroxylation is 1. The van der Waals surface area contributed by atoms with E-state index >= 15 is 0 Å². The van der Waals surface area contributed by atoms with Gasteiger partial charge in [0.05, 0.1) is 11.7 Å². The molecule has 6 nitrogen and oxygen atoms in total. The van der Waals surface area contributed by atoms with Crippen LogP contribution in [0.15, 0.2) is 42.6 Å². The van der Waals surface area contributed by atoms with Crippen LogP contribution in [0.1, 0.15) is 40.7 Å². The lowest BCUT2D eigenvalue weighted by Gasteiger charge is -2.40. The number of hydrogen-bond donors (Lipinski definition) is 1. The molecule has 1 aliphatic heterocycles. The molecule has 1 fully saturated rings. The minimum Gasteiger partial charge on any atom is -0.358 e. The van der Waals surface area contributed by atoms with E-state index in [-0.39, 0.29) is 23.0 Å².